The standard InChI is InChI=1S/3C8H10O3.6CHF3O3S.Al/c3*1-10-7-3-6(9)4-8(5-7)11-2;6*2-1(3,4)8(5,6)7;/h3*3-5,9H,1-2H3;6*(H,5,6,7);/q;;;;;;;;;+3/p-3. The average Bonchev–Trinajstić information content (AvgIpc) is 3.23. The first kappa shape index (κ1) is 90.4. The molecular formula is C30H33AlF18O27S6. The number of ether oxygens (including phenoxy) is 6. The molecule has 27 nitrogen and oxygen atoms in total. The molecule has 0 amide bonds. The third kappa shape index (κ3) is 43.3. The number of halogens is 18. The molecule has 3 rings (SSSR count). The summed E-state index contributed by atoms with van der Waals surface area (Å²) in [7, 11) is -26.0. The van der Waals surface area contributed by atoms with Crippen LogP contribution in [0.3, 0.4) is 0 Å². The SMILES string of the molecule is COc1cc([O-])cc(OC)c1.COc1cc([O-])cc(OC)c1.COc1cc([O-])cc(OC)c1.O=S(=O)(O)C(F)(F)F.O=S(=O)(O)C(F)(F)F.O=S(=O)(O)C(F)(F)F.O=S(=O)(O)C(F)(F)F.O=S(=O)(O)C(F)(F)F.O=S(=O)(O)C(F)(F)F.[Al+3]. The Bertz CT molecular complexity index is 2540. The Labute approximate surface area is 459 Å². The van der Waals surface area contributed by atoms with Gasteiger partial charge in [0.1, 0.15) is 34.5 Å². The van der Waals surface area contributed by atoms with Crippen molar-refractivity contribution < 1.29 is 201 Å². The Morgan fingerprint density at radius 3 is 0.390 bits per heavy atom. The number of methoxy groups -OCH3 is 6. The normalized spacial score (nSPS) is 11.9. The zero-order valence-corrected chi connectivity index (χ0v) is 45.8. The van der Waals surface area contributed by atoms with Crippen LogP contribution < -0.4 is 43.7 Å². The predicted octanol–water partition coefficient (Wildman–Crippen LogP) is 4.32. The van der Waals surface area contributed by atoms with Crippen molar-refractivity contribution in [2.45, 2.75) is 33.0 Å². The summed E-state index contributed by atoms with van der Waals surface area (Å²) >= 11 is 0. The number of rotatable bonds is 6. The van der Waals surface area contributed by atoms with Gasteiger partial charge < -0.3 is 43.7 Å². The van der Waals surface area contributed by atoms with Gasteiger partial charge in [-0.05, 0) is 36.4 Å². The van der Waals surface area contributed by atoms with Crippen molar-refractivity contribution in [1.82, 2.24) is 0 Å². The number of benzene rings is 3. The summed E-state index contributed by atoms with van der Waals surface area (Å²) in [5.74, 6) is 2.81. The third-order valence-corrected chi connectivity index (χ3v) is 9.24. The molecule has 0 aliphatic heterocycles. The molecule has 0 unspecified atom stereocenters. The molecule has 0 aromatic heterocycles. The van der Waals surface area contributed by atoms with E-state index in [0.717, 1.165) is 0 Å². The minimum Gasteiger partial charge on any atom is -0.872 e. The third-order valence-electron chi connectivity index (χ3n) is 5.73. The molecule has 82 heavy (non-hydrogen) atoms. The van der Waals surface area contributed by atoms with Crippen molar-refractivity contribution in [3.8, 4) is 51.7 Å². The maximum Gasteiger partial charge on any atom is 3.00 e. The topological polar surface area (TPSA) is 451 Å². The molecule has 0 bridgehead atoms. The molecule has 6 N–H and O–H groups in total. The Hall–Kier alpha value is -5.41. The fourth-order valence-electron chi connectivity index (χ4n) is 2.34. The quantitative estimate of drug-likeness (QED) is 0.0866. The van der Waals surface area contributed by atoms with E-state index in [2.05, 4.69) is 0 Å². The second-order valence-electron chi connectivity index (χ2n) is 11.7. The molecule has 0 fully saturated rings. The zero-order valence-electron chi connectivity index (χ0n) is 39.8. The first-order valence-corrected chi connectivity index (χ1v) is 25.8. The number of hydrogen-bond donors (Lipinski definition) is 6. The van der Waals surface area contributed by atoms with Crippen LogP contribution in [0.25, 0.3) is 0 Å². The predicted molar refractivity (Wildman–Crippen MR) is 228 cm³/mol. The maximum atomic E-state index is 10.9. The van der Waals surface area contributed by atoms with Crippen LogP contribution in [0.1, 0.15) is 0 Å². The van der Waals surface area contributed by atoms with Crippen molar-refractivity contribution in [3.63, 3.8) is 0 Å². The van der Waals surface area contributed by atoms with Gasteiger partial charge in [-0.15, -0.1) is 17.2 Å². The Kier molecular flexibility index (Phi) is 39.3. The molecule has 3 aromatic rings. The van der Waals surface area contributed by atoms with Gasteiger partial charge in [0.2, 0.25) is 0 Å². The van der Waals surface area contributed by atoms with Gasteiger partial charge >= 0.3 is 111 Å². The van der Waals surface area contributed by atoms with Gasteiger partial charge in [0.25, 0.3) is 0 Å². The minimum absolute atomic E-state index is 0. The van der Waals surface area contributed by atoms with E-state index < -0.39 is 93.8 Å². The summed E-state index contributed by atoms with van der Waals surface area (Å²) in [6.45, 7) is 0. The number of alkyl halides is 18. The van der Waals surface area contributed by atoms with Gasteiger partial charge in [-0.2, -0.15) is 130 Å². The Balaban J connectivity index is -0.000000155. The van der Waals surface area contributed by atoms with Crippen LogP contribution in [0, 0.1) is 0 Å². The molecule has 0 spiro atoms. The van der Waals surface area contributed by atoms with Crippen molar-refractivity contribution in [1.29, 1.82) is 0 Å². The zero-order chi connectivity index (χ0) is 66.8. The van der Waals surface area contributed by atoms with E-state index in [4.69, 9.17) is 106 Å². The van der Waals surface area contributed by atoms with E-state index in [1.807, 2.05) is 0 Å². The average molecular weight is 1390 g/mol. The van der Waals surface area contributed by atoms with E-state index >= 15 is 0 Å². The molecular weight excluding hydrogens is 1350 g/mol. The van der Waals surface area contributed by atoms with Gasteiger partial charge in [0.05, 0.1) is 42.7 Å². The van der Waals surface area contributed by atoms with Crippen molar-refractivity contribution in [2.75, 3.05) is 42.7 Å². The Morgan fingerprint density at radius 1 is 0.268 bits per heavy atom. The molecule has 0 saturated carbocycles. The maximum absolute atomic E-state index is 10.9. The fraction of sp³-hybridized carbons (Fsp3) is 0.400. The monoisotopic (exact) mass is 1390 g/mol. The molecule has 52 heteroatoms. The van der Waals surface area contributed by atoms with Crippen molar-refractivity contribution >= 4 is 78.1 Å². The van der Waals surface area contributed by atoms with Crippen LogP contribution in [0.2, 0.25) is 0 Å². The van der Waals surface area contributed by atoms with E-state index in [-0.39, 0.29) is 34.6 Å². The van der Waals surface area contributed by atoms with Gasteiger partial charge in [0.15, 0.2) is 0 Å². The fourth-order valence-corrected chi connectivity index (χ4v) is 2.34. The number of hydrogen-bond acceptors (Lipinski definition) is 21. The molecule has 0 saturated heterocycles. The van der Waals surface area contributed by atoms with Crippen LogP contribution in [0.15, 0.2) is 54.6 Å². The van der Waals surface area contributed by atoms with E-state index in [9.17, 15) is 94.3 Å². The summed E-state index contributed by atoms with van der Waals surface area (Å²) in [4.78, 5) is 0. The van der Waals surface area contributed by atoms with E-state index in [1.165, 1.54) is 79.1 Å². The van der Waals surface area contributed by atoms with Gasteiger partial charge in [-0.25, -0.2) is 0 Å². The second-order valence-corrected chi connectivity index (χ2v) is 20.1. The van der Waals surface area contributed by atoms with Crippen LogP contribution in [-0.2, 0) is 60.7 Å². The summed E-state index contributed by atoms with van der Waals surface area (Å²) < 4.78 is 374. The summed E-state index contributed by atoms with van der Waals surface area (Å²) in [6, 6.07) is 13.4. The van der Waals surface area contributed by atoms with E-state index in [1.54, 1.807) is 18.2 Å². The first-order chi connectivity index (χ1) is 35.3. The van der Waals surface area contributed by atoms with Crippen molar-refractivity contribution in [3.05, 3.63) is 54.6 Å². The largest absolute Gasteiger partial charge is 3.00 e. The summed E-state index contributed by atoms with van der Waals surface area (Å²) in [5.41, 5.74) is -33.2. The van der Waals surface area contributed by atoms with Gasteiger partial charge in [-0.3, -0.25) is 27.3 Å². The Morgan fingerprint density at radius 2 is 0.341 bits per heavy atom. The molecule has 0 aliphatic rings. The molecule has 0 aliphatic carbocycles. The summed E-state index contributed by atoms with van der Waals surface area (Å²) in [6.07, 6.45) is 0. The molecule has 0 radical (unpaired) electrons. The summed E-state index contributed by atoms with van der Waals surface area (Å²) in [5, 5.41) is 32.6. The minimum atomic E-state index is -5.84. The van der Waals surface area contributed by atoms with Crippen molar-refractivity contribution in [2.24, 2.45) is 0 Å². The molecule has 0 atom stereocenters. The van der Waals surface area contributed by atoms with Gasteiger partial charge in [0, 0.05) is 18.2 Å². The first-order valence-electron chi connectivity index (χ1n) is 17.2. The van der Waals surface area contributed by atoms with Gasteiger partial charge in [-0.1, -0.05) is 0 Å². The smallest absolute Gasteiger partial charge is 0.872 e. The molecule has 0 heterocycles. The molecule has 3 aromatic carbocycles. The van der Waals surface area contributed by atoms with Crippen LogP contribution in [-0.4, -0.2) is 171 Å². The van der Waals surface area contributed by atoms with E-state index in [0.29, 0.717) is 34.5 Å². The van der Waals surface area contributed by atoms with Crippen LogP contribution >= 0.6 is 0 Å². The second kappa shape index (κ2) is 35.7. The molecule has 480 valence electrons. The van der Waals surface area contributed by atoms with Crippen LogP contribution in [0.5, 0.6) is 51.7 Å². The van der Waals surface area contributed by atoms with Crippen LogP contribution in [0.4, 0.5) is 79.0 Å².